The van der Waals surface area contributed by atoms with E-state index in [1.807, 2.05) is 0 Å². The van der Waals surface area contributed by atoms with Crippen molar-refractivity contribution >= 4 is 0 Å². The van der Waals surface area contributed by atoms with Gasteiger partial charge in [-0.3, -0.25) is 0 Å². The lowest BCUT2D eigenvalue weighted by Gasteiger charge is -2.24. The molecule has 0 aliphatic carbocycles. The highest BCUT2D eigenvalue weighted by Crippen LogP contribution is 2.23. The van der Waals surface area contributed by atoms with Gasteiger partial charge in [0.15, 0.2) is 6.29 Å². The van der Waals surface area contributed by atoms with Crippen molar-refractivity contribution in [2.45, 2.75) is 141 Å². The highest BCUT2D eigenvalue weighted by atomic mass is 16.5. The Kier molecular flexibility index (Phi) is 21.5. The molecule has 0 aromatic heterocycles. The summed E-state index contributed by atoms with van der Waals surface area (Å²) in [5.41, 5.74) is 0.426. The minimum Gasteiger partial charge on any atom is -0.396 e. The Morgan fingerprint density at radius 1 is 0.600 bits per heavy atom. The summed E-state index contributed by atoms with van der Waals surface area (Å²) in [4.78, 5) is 0. The summed E-state index contributed by atoms with van der Waals surface area (Å²) < 4.78 is 0. The lowest BCUT2D eigenvalue weighted by atomic mass is 9.90. The largest absolute Gasteiger partial charge is 0.396 e. The van der Waals surface area contributed by atoms with Gasteiger partial charge in [-0.15, -0.1) is 0 Å². The van der Waals surface area contributed by atoms with Crippen molar-refractivity contribution in [2.75, 3.05) is 6.61 Å². The molecule has 0 rings (SSSR count). The molecule has 0 radical (unpaired) electrons. The van der Waals surface area contributed by atoms with Gasteiger partial charge in [0.1, 0.15) is 0 Å². The first-order valence-corrected chi connectivity index (χ1v) is 12.9. The van der Waals surface area contributed by atoms with Crippen LogP contribution < -0.4 is 0 Å². The molecule has 180 valence electrons. The minimum absolute atomic E-state index is 0.146. The number of rotatable bonds is 23. The van der Waals surface area contributed by atoms with Crippen LogP contribution in [0.15, 0.2) is 12.2 Å². The van der Waals surface area contributed by atoms with Gasteiger partial charge in [0.2, 0.25) is 0 Å². The second-order valence-electron chi connectivity index (χ2n) is 9.07. The van der Waals surface area contributed by atoms with E-state index < -0.39 is 18.3 Å². The van der Waals surface area contributed by atoms with Crippen molar-refractivity contribution in [3.63, 3.8) is 0 Å². The molecule has 4 nitrogen and oxygen atoms in total. The van der Waals surface area contributed by atoms with Crippen LogP contribution in [0.4, 0.5) is 0 Å². The standard InChI is InChI=1S/C26H52O4/c1-3-4-5-6-7-8-9-10-11-12-13-14-15-16-17-18-19-20-25(28)23(2)24(21-22-27)26(29)30/h24-30H,2-22H2,1H3. The van der Waals surface area contributed by atoms with Crippen LogP contribution in [0.3, 0.4) is 0 Å². The zero-order valence-electron chi connectivity index (χ0n) is 19.9. The third-order valence-electron chi connectivity index (χ3n) is 6.29. The van der Waals surface area contributed by atoms with Gasteiger partial charge < -0.3 is 20.4 Å². The molecule has 0 bridgehead atoms. The van der Waals surface area contributed by atoms with Gasteiger partial charge in [-0.1, -0.05) is 123 Å². The van der Waals surface area contributed by atoms with Gasteiger partial charge in [-0.05, 0) is 18.4 Å². The molecule has 0 saturated heterocycles. The van der Waals surface area contributed by atoms with E-state index in [-0.39, 0.29) is 13.0 Å². The maximum Gasteiger partial charge on any atom is 0.158 e. The second-order valence-corrected chi connectivity index (χ2v) is 9.07. The molecule has 4 N–H and O–H groups in total. The number of hydrogen-bond donors (Lipinski definition) is 4. The van der Waals surface area contributed by atoms with Crippen LogP contribution in [0.1, 0.15) is 129 Å². The molecule has 2 unspecified atom stereocenters. The molecule has 2 atom stereocenters. The molecular weight excluding hydrogens is 376 g/mol. The fraction of sp³-hybridized carbons (Fsp3) is 0.923. The summed E-state index contributed by atoms with van der Waals surface area (Å²) in [6.07, 6.45) is 21.1. The highest BCUT2D eigenvalue weighted by molar-refractivity contribution is 5.07. The monoisotopic (exact) mass is 428 g/mol. The Morgan fingerprint density at radius 3 is 1.30 bits per heavy atom. The zero-order valence-corrected chi connectivity index (χ0v) is 19.9. The lowest BCUT2D eigenvalue weighted by Crippen LogP contribution is -2.28. The van der Waals surface area contributed by atoms with Crippen molar-refractivity contribution < 1.29 is 20.4 Å². The van der Waals surface area contributed by atoms with E-state index >= 15 is 0 Å². The normalized spacial score (nSPS) is 13.7. The van der Waals surface area contributed by atoms with Gasteiger partial charge in [-0.2, -0.15) is 0 Å². The molecule has 0 aliphatic heterocycles. The highest BCUT2D eigenvalue weighted by Gasteiger charge is 2.24. The molecule has 0 saturated carbocycles. The average Bonchev–Trinajstić information content (AvgIpc) is 2.73. The van der Waals surface area contributed by atoms with E-state index in [1.54, 1.807) is 0 Å². The van der Waals surface area contributed by atoms with Gasteiger partial charge in [-0.25, -0.2) is 0 Å². The summed E-state index contributed by atoms with van der Waals surface area (Å²) >= 11 is 0. The molecular formula is C26H52O4. The summed E-state index contributed by atoms with van der Waals surface area (Å²) in [5, 5.41) is 37.9. The lowest BCUT2D eigenvalue weighted by molar-refractivity contribution is -0.0823. The first kappa shape index (κ1) is 29.6. The fourth-order valence-corrected chi connectivity index (χ4v) is 4.16. The smallest absolute Gasteiger partial charge is 0.158 e. The quantitative estimate of drug-likeness (QED) is 0.0880. The van der Waals surface area contributed by atoms with E-state index in [0.717, 1.165) is 12.8 Å². The van der Waals surface area contributed by atoms with Crippen LogP contribution >= 0.6 is 0 Å². The van der Waals surface area contributed by atoms with E-state index in [4.69, 9.17) is 5.11 Å². The van der Waals surface area contributed by atoms with Gasteiger partial charge >= 0.3 is 0 Å². The number of aliphatic hydroxyl groups is 4. The molecule has 0 aliphatic rings. The third kappa shape index (κ3) is 17.3. The van der Waals surface area contributed by atoms with Gasteiger partial charge in [0.05, 0.1) is 6.10 Å². The van der Waals surface area contributed by atoms with E-state index in [2.05, 4.69) is 13.5 Å². The van der Waals surface area contributed by atoms with Gasteiger partial charge in [0.25, 0.3) is 0 Å². The summed E-state index contributed by atoms with van der Waals surface area (Å²) in [7, 11) is 0. The van der Waals surface area contributed by atoms with Crippen LogP contribution in [0.2, 0.25) is 0 Å². The maximum absolute atomic E-state index is 10.2. The Bertz CT molecular complexity index is 370. The van der Waals surface area contributed by atoms with Crippen molar-refractivity contribution in [3.8, 4) is 0 Å². The van der Waals surface area contributed by atoms with Crippen LogP contribution in [0.5, 0.6) is 0 Å². The van der Waals surface area contributed by atoms with Crippen LogP contribution in [-0.4, -0.2) is 39.4 Å². The van der Waals surface area contributed by atoms with E-state index in [0.29, 0.717) is 12.0 Å². The molecule has 0 fully saturated rings. The average molecular weight is 429 g/mol. The Labute approximate surface area is 186 Å². The van der Waals surface area contributed by atoms with Gasteiger partial charge in [0, 0.05) is 12.5 Å². The first-order chi connectivity index (χ1) is 14.5. The fourth-order valence-electron chi connectivity index (χ4n) is 4.16. The molecule has 0 aromatic carbocycles. The number of aliphatic hydroxyl groups excluding tert-OH is 3. The molecule has 4 heteroatoms. The third-order valence-corrected chi connectivity index (χ3v) is 6.29. The molecule has 0 amide bonds. The maximum atomic E-state index is 10.2. The van der Waals surface area contributed by atoms with E-state index in [1.165, 1.54) is 96.3 Å². The predicted octanol–water partition coefficient (Wildman–Crippen LogP) is 6.25. The second kappa shape index (κ2) is 21.8. The van der Waals surface area contributed by atoms with Crippen molar-refractivity contribution in [1.29, 1.82) is 0 Å². The van der Waals surface area contributed by atoms with Crippen molar-refractivity contribution in [2.24, 2.45) is 5.92 Å². The van der Waals surface area contributed by atoms with E-state index in [9.17, 15) is 15.3 Å². The first-order valence-electron chi connectivity index (χ1n) is 12.9. The van der Waals surface area contributed by atoms with Crippen LogP contribution in [0, 0.1) is 5.92 Å². The minimum atomic E-state index is -1.57. The molecule has 0 heterocycles. The van der Waals surface area contributed by atoms with Crippen LogP contribution in [-0.2, 0) is 0 Å². The van der Waals surface area contributed by atoms with Crippen molar-refractivity contribution in [3.05, 3.63) is 12.2 Å². The zero-order chi connectivity index (χ0) is 22.5. The summed E-state index contributed by atoms with van der Waals surface area (Å²) in [5.74, 6) is -0.657. The summed E-state index contributed by atoms with van der Waals surface area (Å²) in [6.45, 7) is 5.94. The van der Waals surface area contributed by atoms with Crippen molar-refractivity contribution in [1.82, 2.24) is 0 Å². The number of hydrogen-bond acceptors (Lipinski definition) is 4. The predicted molar refractivity (Wildman–Crippen MR) is 127 cm³/mol. The Morgan fingerprint density at radius 2 is 0.967 bits per heavy atom. The number of unbranched alkanes of at least 4 members (excludes halogenated alkanes) is 16. The molecule has 30 heavy (non-hydrogen) atoms. The summed E-state index contributed by atoms with van der Waals surface area (Å²) in [6, 6.07) is 0. The Balaban J connectivity index is 3.41. The SMILES string of the molecule is C=C(C(O)CCCCCCCCCCCCCCCCCCC)C(CCO)C(O)O. The molecule has 0 aromatic rings. The Hall–Kier alpha value is -0.420. The molecule has 0 spiro atoms. The van der Waals surface area contributed by atoms with Crippen LogP contribution in [0.25, 0.3) is 0 Å². The topological polar surface area (TPSA) is 80.9 Å².